The van der Waals surface area contributed by atoms with E-state index in [2.05, 4.69) is 22.5 Å². The van der Waals surface area contributed by atoms with Crippen molar-refractivity contribution in [3.63, 3.8) is 0 Å². The van der Waals surface area contributed by atoms with Crippen molar-refractivity contribution in [1.29, 1.82) is 0 Å². The number of fused-ring (bicyclic) bond motifs is 1. The number of carbonyl (C=O) groups is 1. The van der Waals surface area contributed by atoms with Crippen molar-refractivity contribution >= 4 is 11.5 Å². The van der Waals surface area contributed by atoms with Gasteiger partial charge in [0.25, 0.3) is 0 Å². The molecule has 3 rings (SSSR count). The van der Waals surface area contributed by atoms with Gasteiger partial charge in [-0.15, -0.1) is 0 Å². The van der Waals surface area contributed by atoms with Crippen LogP contribution in [0.1, 0.15) is 36.2 Å². The van der Waals surface area contributed by atoms with E-state index >= 15 is 0 Å². The number of hydrogen-bond acceptors (Lipinski definition) is 4. The summed E-state index contributed by atoms with van der Waals surface area (Å²) in [5.74, 6) is 0.162. The Morgan fingerprint density at radius 3 is 3.17 bits per heavy atom. The van der Waals surface area contributed by atoms with Crippen LogP contribution in [0.15, 0.2) is 36.9 Å². The molecule has 1 aliphatic heterocycles. The third kappa shape index (κ3) is 3.79. The van der Waals surface area contributed by atoms with Crippen LogP contribution in [0.3, 0.4) is 0 Å². The molecule has 0 bridgehead atoms. The summed E-state index contributed by atoms with van der Waals surface area (Å²) in [4.78, 5) is 16.6. The van der Waals surface area contributed by atoms with Crippen molar-refractivity contribution in [3.05, 3.63) is 48.0 Å². The molecule has 0 amide bonds. The van der Waals surface area contributed by atoms with Crippen LogP contribution >= 0.6 is 0 Å². The molecule has 0 fully saturated rings. The van der Waals surface area contributed by atoms with E-state index in [9.17, 15) is 4.79 Å². The second kappa shape index (κ2) is 6.96. The molecule has 1 aliphatic rings. The molecule has 23 heavy (non-hydrogen) atoms. The zero-order valence-electron chi connectivity index (χ0n) is 13.7. The minimum absolute atomic E-state index is 0.162. The lowest BCUT2D eigenvalue weighted by Gasteiger charge is -2.13. The number of ketones is 1. The first kappa shape index (κ1) is 15.7. The van der Waals surface area contributed by atoms with Crippen molar-refractivity contribution in [1.82, 2.24) is 14.9 Å². The standard InChI is InChI=1S/C18H24N4O/c1-13-10-16-11-15(4-5-17(16)21-13)18(23)14(2)20-6-3-8-22-9-7-19-12-22/h4-5,7,9,11-14,20-21H,3,6,8,10H2,1-2H3. The molecule has 0 radical (unpaired) electrons. The normalized spacial score (nSPS) is 17.6. The number of carbonyl (C=O) groups excluding carboxylic acids is 1. The SMILES string of the molecule is CC1Cc2cc(C(=O)C(C)NCCCn3ccnc3)ccc2N1. The lowest BCUT2D eigenvalue weighted by atomic mass is 10.0. The number of rotatable bonds is 7. The third-order valence-corrected chi connectivity index (χ3v) is 4.31. The van der Waals surface area contributed by atoms with E-state index in [4.69, 9.17) is 0 Å². The average molecular weight is 312 g/mol. The van der Waals surface area contributed by atoms with Crippen molar-refractivity contribution in [2.45, 2.75) is 45.3 Å². The molecule has 122 valence electrons. The van der Waals surface area contributed by atoms with Crippen LogP contribution in [-0.2, 0) is 13.0 Å². The Balaban J connectivity index is 1.50. The number of Topliss-reactive ketones (excluding diaryl/α,β-unsaturated/α-hetero) is 1. The van der Waals surface area contributed by atoms with Gasteiger partial charge in [-0.25, -0.2) is 4.98 Å². The molecule has 2 atom stereocenters. The summed E-state index contributed by atoms with van der Waals surface area (Å²) in [6.45, 7) is 5.82. The summed E-state index contributed by atoms with van der Waals surface area (Å²) >= 11 is 0. The van der Waals surface area contributed by atoms with Gasteiger partial charge < -0.3 is 15.2 Å². The smallest absolute Gasteiger partial charge is 0.179 e. The van der Waals surface area contributed by atoms with Gasteiger partial charge >= 0.3 is 0 Å². The Hall–Kier alpha value is -2.14. The van der Waals surface area contributed by atoms with E-state index in [1.807, 2.05) is 42.2 Å². The van der Waals surface area contributed by atoms with Crippen molar-refractivity contribution in [3.8, 4) is 0 Å². The predicted molar refractivity (Wildman–Crippen MR) is 91.9 cm³/mol. The Kier molecular flexibility index (Phi) is 4.76. The van der Waals surface area contributed by atoms with Crippen LogP contribution in [0, 0.1) is 0 Å². The van der Waals surface area contributed by atoms with E-state index in [-0.39, 0.29) is 11.8 Å². The number of aromatic nitrogens is 2. The Morgan fingerprint density at radius 2 is 2.39 bits per heavy atom. The van der Waals surface area contributed by atoms with E-state index in [0.29, 0.717) is 6.04 Å². The predicted octanol–water partition coefficient (Wildman–Crippen LogP) is 2.49. The fourth-order valence-corrected chi connectivity index (χ4v) is 3.04. The molecule has 2 heterocycles. The molecule has 0 saturated carbocycles. The molecule has 0 saturated heterocycles. The molecular weight excluding hydrogens is 288 g/mol. The largest absolute Gasteiger partial charge is 0.382 e. The monoisotopic (exact) mass is 312 g/mol. The highest BCUT2D eigenvalue weighted by Crippen LogP contribution is 2.26. The van der Waals surface area contributed by atoms with Crippen LogP contribution in [-0.4, -0.2) is 34.0 Å². The number of nitrogens with one attached hydrogen (secondary N) is 2. The number of anilines is 1. The minimum Gasteiger partial charge on any atom is -0.382 e. The highest BCUT2D eigenvalue weighted by molar-refractivity contribution is 6.00. The Labute approximate surface area is 137 Å². The van der Waals surface area contributed by atoms with Gasteiger partial charge in [0.15, 0.2) is 5.78 Å². The van der Waals surface area contributed by atoms with Crippen LogP contribution in [0.5, 0.6) is 0 Å². The maximum Gasteiger partial charge on any atom is 0.179 e. The molecule has 1 aromatic heterocycles. The molecular formula is C18H24N4O. The number of imidazole rings is 1. The van der Waals surface area contributed by atoms with E-state index < -0.39 is 0 Å². The second-order valence-electron chi connectivity index (χ2n) is 6.32. The van der Waals surface area contributed by atoms with Gasteiger partial charge in [-0.05, 0) is 57.0 Å². The number of hydrogen-bond donors (Lipinski definition) is 2. The molecule has 2 aromatic rings. The molecule has 2 N–H and O–H groups in total. The number of aryl methyl sites for hydroxylation is 1. The quantitative estimate of drug-likeness (QED) is 0.609. The van der Waals surface area contributed by atoms with E-state index in [1.165, 1.54) is 5.56 Å². The fourth-order valence-electron chi connectivity index (χ4n) is 3.04. The summed E-state index contributed by atoms with van der Waals surface area (Å²) in [5.41, 5.74) is 3.21. The third-order valence-electron chi connectivity index (χ3n) is 4.31. The van der Waals surface area contributed by atoms with Gasteiger partial charge in [-0.2, -0.15) is 0 Å². The van der Waals surface area contributed by atoms with Gasteiger partial charge in [0.2, 0.25) is 0 Å². The lowest BCUT2D eigenvalue weighted by molar-refractivity contribution is 0.0951. The highest BCUT2D eigenvalue weighted by Gasteiger charge is 2.20. The fraction of sp³-hybridized carbons (Fsp3) is 0.444. The number of nitrogens with zero attached hydrogens (tertiary/aromatic N) is 2. The van der Waals surface area contributed by atoms with Gasteiger partial charge in [0, 0.05) is 36.2 Å². The lowest BCUT2D eigenvalue weighted by Crippen LogP contribution is -2.35. The first-order valence-electron chi connectivity index (χ1n) is 8.26. The first-order valence-corrected chi connectivity index (χ1v) is 8.26. The molecule has 1 aromatic carbocycles. The van der Waals surface area contributed by atoms with Gasteiger partial charge in [-0.3, -0.25) is 4.79 Å². The zero-order chi connectivity index (χ0) is 16.2. The maximum absolute atomic E-state index is 12.6. The van der Waals surface area contributed by atoms with Crippen molar-refractivity contribution in [2.75, 3.05) is 11.9 Å². The first-order chi connectivity index (χ1) is 11.1. The van der Waals surface area contributed by atoms with Crippen LogP contribution in [0.2, 0.25) is 0 Å². The topological polar surface area (TPSA) is 59.0 Å². The average Bonchev–Trinajstić information content (AvgIpc) is 3.17. The van der Waals surface area contributed by atoms with Crippen LogP contribution < -0.4 is 10.6 Å². The van der Waals surface area contributed by atoms with Gasteiger partial charge in [0.05, 0.1) is 12.4 Å². The zero-order valence-corrected chi connectivity index (χ0v) is 13.7. The second-order valence-corrected chi connectivity index (χ2v) is 6.32. The number of benzene rings is 1. The molecule has 5 nitrogen and oxygen atoms in total. The summed E-state index contributed by atoms with van der Waals surface area (Å²) in [7, 11) is 0. The van der Waals surface area contributed by atoms with E-state index in [0.717, 1.165) is 37.2 Å². The summed E-state index contributed by atoms with van der Waals surface area (Å²) in [5, 5.41) is 6.73. The van der Waals surface area contributed by atoms with Gasteiger partial charge in [-0.1, -0.05) is 0 Å². The van der Waals surface area contributed by atoms with Crippen LogP contribution in [0.4, 0.5) is 5.69 Å². The van der Waals surface area contributed by atoms with E-state index in [1.54, 1.807) is 6.20 Å². The molecule has 5 heteroatoms. The highest BCUT2D eigenvalue weighted by atomic mass is 16.1. The summed E-state index contributed by atoms with van der Waals surface area (Å²) < 4.78 is 2.04. The Morgan fingerprint density at radius 1 is 1.52 bits per heavy atom. The maximum atomic E-state index is 12.6. The summed E-state index contributed by atoms with van der Waals surface area (Å²) in [6.07, 6.45) is 7.51. The molecule has 0 spiro atoms. The Bertz CT molecular complexity index is 666. The minimum atomic E-state index is -0.164. The van der Waals surface area contributed by atoms with Crippen LogP contribution in [0.25, 0.3) is 0 Å². The van der Waals surface area contributed by atoms with Crippen molar-refractivity contribution in [2.24, 2.45) is 0 Å². The molecule has 0 aliphatic carbocycles. The van der Waals surface area contributed by atoms with Crippen molar-refractivity contribution < 1.29 is 4.79 Å². The summed E-state index contributed by atoms with van der Waals surface area (Å²) in [6, 6.07) is 6.28. The molecule has 2 unspecified atom stereocenters. The van der Waals surface area contributed by atoms with Gasteiger partial charge in [0.1, 0.15) is 0 Å².